The van der Waals surface area contributed by atoms with Gasteiger partial charge in [0.1, 0.15) is 0 Å². The average molecular weight is 307 g/mol. The molecule has 1 aromatic rings. The maximum atomic E-state index is 5.92. The van der Waals surface area contributed by atoms with Crippen LogP contribution in [0.5, 0.6) is 0 Å². The molecule has 0 aromatic heterocycles. The van der Waals surface area contributed by atoms with Crippen LogP contribution >= 0.6 is 27.5 Å². The predicted molar refractivity (Wildman–Crippen MR) is 71.9 cm³/mol. The van der Waals surface area contributed by atoms with Gasteiger partial charge in [-0.3, -0.25) is 0 Å². The third kappa shape index (κ3) is 4.83. The van der Waals surface area contributed by atoms with Gasteiger partial charge in [0.05, 0.1) is 11.1 Å². The quantitative estimate of drug-likeness (QED) is 0.867. The summed E-state index contributed by atoms with van der Waals surface area (Å²) >= 11 is 9.33. The Morgan fingerprint density at radius 2 is 2.25 bits per heavy atom. The maximum absolute atomic E-state index is 5.92. The molecule has 0 heterocycles. The van der Waals surface area contributed by atoms with E-state index in [2.05, 4.69) is 28.2 Å². The molecular weight excluding hydrogens is 289 g/mol. The van der Waals surface area contributed by atoms with Gasteiger partial charge < -0.3 is 10.1 Å². The highest BCUT2D eigenvalue weighted by molar-refractivity contribution is 9.10. The van der Waals surface area contributed by atoms with E-state index in [-0.39, 0.29) is 6.10 Å². The van der Waals surface area contributed by atoms with Gasteiger partial charge >= 0.3 is 0 Å². The van der Waals surface area contributed by atoms with Gasteiger partial charge in [-0.25, -0.2) is 0 Å². The monoisotopic (exact) mass is 305 g/mol. The minimum Gasteiger partial charge on any atom is -0.377 e. The molecule has 1 rings (SSSR count). The Labute approximate surface area is 110 Å². The van der Waals surface area contributed by atoms with E-state index >= 15 is 0 Å². The van der Waals surface area contributed by atoms with E-state index in [0.717, 1.165) is 29.2 Å². The number of nitrogens with one attached hydrogen (secondary N) is 1. The Kier molecular flexibility index (Phi) is 6.36. The molecule has 0 aliphatic heterocycles. The standard InChI is InChI=1S/C12H17BrClNO/c1-3-16-9(2)7-15-8-10-4-5-12(14)11(13)6-10/h4-6,9,15H,3,7-8H2,1-2H3. The molecule has 1 aromatic carbocycles. The number of ether oxygens (including phenoxy) is 1. The summed E-state index contributed by atoms with van der Waals surface area (Å²) in [5, 5.41) is 4.09. The van der Waals surface area contributed by atoms with E-state index in [0.29, 0.717) is 0 Å². The van der Waals surface area contributed by atoms with Crippen LogP contribution in [0.25, 0.3) is 0 Å². The molecule has 1 N–H and O–H groups in total. The van der Waals surface area contributed by atoms with Crippen LogP contribution in [-0.2, 0) is 11.3 Å². The molecule has 2 nitrogen and oxygen atoms in total. The largest absolute Gasteiger partial charge is 0.377 e. The van der Waals surface area contributed by atoms with Crippen molar-refractivity contribution in [2.75, 3.05) is 13.2 Å². The molecular formula is C12H17BrClNO. The zero-order valence-corrected chi connectivity index (χ0v) is 11.9. The van der Waals surface area contributed by atoms with E-state index in [1.165, 1.54) is 5.56 Å². The SMILES string of the molecule is CCOC(C)CNCc1ccc(Cl)c(Br)c1. The Hall–Kier alpha value is -0.0900. The topological polar surface area (TPSA) is 21.3 Å². The molecule has 0 amide bonds. The van der Waals surface area contributed by atoms with Crippen LogP contribution in [0.15, 0.2) is 22.7 Å². The fourth-order valence-electron chi connectivity index (χ4n) is 1.41. The fourth-order valence-corrected chi connectivity index (χ4v) is 1.96. The van der Waals surface area contributed by atoms with Gasteiger partial charge in [0.2, 0.25) is 0 Å². The van der Waals surface area contributed by atoms with E-state index in [1.807, 2.05) is 25.1 Å². The third-order valence-electron chi connectivity index (χ3n) is 2.20. The van der Waals surface area contributed by atoms with E-state index in [1.54, 1.807) is 0 Å². The van der Waals surface area contributed by atoms with Crippen molar-refractivity contribution in [3.63, 3.8) is 0 Å². The summed E-state index contributed by atoms with van der Waals surface area (Å²) in [5.74, 6) is 0. The molecule has 90 valence electrons. The van der Waals surface area contributed by atoms with Gasteiger partial charge in [-0.2, -0.15) is 0 Å². The second-order valence-electron chi connectivity index (χ2n) is 3.65. The summed E-state index contributed by atoms with van der Waals surface area (Å²) in [5.41, 5.74) is 1.21. The highest BCUT2D eigenvalue weighted by atomic mass is 79.9. The third-order valence-corrected chi connectivity index (χ3v) is 3.41. The molecule has 0 saturated carbocycles. The van der Waals surface area contributed by atoms with E-state index in [9.17, 15) is 0 Å². The lowest BCUT2D eigenvalue weighted by molar-refractivity contribution is 0.0759. The number of halogens is 2. The van der Waals surface area contributed by atoms with Crippen molar-refractivity contribution < 1.29 is 4.74 Å². The second-order valence-corrected chi connectivity index (χ2v) is 4.91. The Bertz CT molecular complexity index is 333. The minimum absolute atomic E-state index is 0.251. The molecule has 0 aliphatic carbocycles. The first-order valence-corrected chi connectivity index (χ1v) is 6.56. The van der Waals surface area contributed by atoms with Gasteiger partial charge in [0.15, 0.2) is 0 Å². The highest BCUT2D eigenvalue weighted by Gasteiger charge is 2.01. The lowest BCUT2D eigenvalue weighted by Crippen LogP contribution is -2.26. The average Bonchev–Trinajstić information content (AvgIpc) is 2.24. The Balaban J connectivity index is 2.34. The first-order valence-electron chi connectivity index (χ1n) is 5.39. The van der Waals surface area contributed by atoms with Gasteiger partial charge in [-0.15, -0.1) is 0 Å². The zero-order valence-electron chi connectivity index (χ0n) is 9.59. The summed E-state index contributed by atoms with van der Waals surface area (Å²) in [7, 11) is 0. The normalized spacial score (nSPS) is 12.8. The molecule has 16 heavy (non-hydrogen) atoms. The Morgan fingerprint density at radius 1 is 1.50 bits per heavy atom. The van der Waals surface area contributed by atoms with Crippen molar-refractivity contribution in [2.45, 2.75) is 26.5 Å². The number of hydrogen-bond acceptors (Lipinski definition) is 2. The highest BCUT2D eigenvalue weighted by Crippen LogP contribution is 2.22. The van der Waals surface area contributed by atoms with Crippen LogP contribution in [0.3, 0.4) is 0 Å². The van der Waals surface area contributed by atoms with Crippen molar-refractivity contribution in [1.29, 1.82) is 0 Å². The summed E-state index contributed by atoms with van der Waals surface area (Å²) in [6.45, 7) is 6.51. The molecule has 1 unspecified atom stereocenters. The smallest absolute Gasteiger partial charge is 0.0671 e. The van der Waals surface area contributed by atoms with Gasteiger partial charge in [0, 0.05) is 24.2 Å². The first-order chi connectivity index (χ1) is 7.63. The summed E-state index contributed by atoms with van der Waals surface area (Å²) in [4.78, 5) is 0. The van der Waals surface area contributed by atoms with Crippen LogP contribution in [0.2, 0.25) is 5.02 Å². The van der Waals surface area contributed by atoms with Crippen LogP contribution in [0.1, 0.15) is 19.4 Å². The van der Waals surface area contributed by atoms with Gasteiger partial charge in [-0.1, -0.05) is 17.7 Å². The first kappa shape index (κ1) is 14.0. The van der Waals surface area contributed by atoms with Crippen LogP contribution < -0.4 is 5.32 Å². The fraction of sp³-hybridized carbons (Fsp3) is 0.500. The van der Waals surface area contributed by atoms with E-state index < -0.39 is 0 Å². The molecule has 0 aliphatic rings. The van der Waals surface area contributed by atoms with Crippen molar-refractivity contribution in [3.05, 3.63) is 33.3 Å². The van der Waals surface area contributed by atoms with Crippen LogP contribution in [0, 0.1) is 0 Å². The second kappa shape index (κ2) is 7.28. The Morgan fingerprint density at radius 3 is 2.88 bits per heavy atom. The molecule has 4 heteroatoms. The van der Waals surface area contributed by atoms with Crippen LogP contribution in [-0.4, -0.2) is 19.3 Å². The van der Waals surface area contributed by atoms with Gasteiger partial charge in [-0.05, 0) is 47.5 Å². The van der Waals surface area contributed by atoms with Gasteiger partial charge in [0.25, 0.3) is 0 Å². The molecule has 0 spiro atoms. The summed E-state index contributed by atoms with van der Waals surface area (Å²) in [6.07, 6.45) is 0.251. The van der Waals surface area contributed by atoms with Crippen molar-refractivity contribution in [1.82, 2.24) is 5.32 Å². The number of rotatable bonds is 6. The number of benzene rings is 1. The molecule has 0 bridgehead atoms. The minimum atomic E-state index is 0.251. The summed E-state index contributed by atoms with van der Waals surface area (Å²) in [6, 6.07) is 5.95. The maximum Gasteiger partial charge on any atom is 0.0671 e. The number of hydrogen-bond donors (Lipinski definition) is 1. The predicted octanol–water partition coefficient (Wildman–Crippen LogP) is 3.62. The van der Waals surface area contributed by atoms with Crippen molar-refractivity contribution >= 4 is 27.5 Å². The molecule has 0 fully saturated rings. The molecule has 0 saturated heterocycles. The summed E-state index contributed by atoms with van der Waals surface area (Å²) < 4.78 is 6.37. The lowest BCUT2D eigenvalue weighted by Gasteiger charge is -2.12. The van der Waals surface area contributed by atoms with Crippen molar-refractivity contribution in [3.8, 4) is 0 Å². The van der Waals surface area contributed by atoms with Crippen molar-refractivity contribution in [2.24, 2.45) is 0 Å². The van der Waals surface area contributed by atoms with E-state index in [4.69, 9.17) is 16.3 Å². The lowest BCUT2D eigenvalue weighted by atomic mass is 10.2. The van der Waals surface area contributed by atoms with Crippen LogP contribution in [0.4, 0.5) is 0 Å². The zero-order chi connectivity index (χ0) is 12.0. The molecule has 0 radical (unpaired) electrons. The molecule has 1 atom stereocenters.